The van der Waals surface area contributed by atoms with Gasteiger partial charge in [-0.2, -0.15) is 11.8 Å². The predicted octanol–water partition coefficient (Wildman–Crippen LogP) is -5.07. The van der Waals surface area contributed by atoms with Gasteiger partial charge in [0.05, 0.1) is 219 Å². The Bertz CT molecular complexity index is 3420. The molecule has 2 aromatic rings. The van der Waals surface area contributed by atoms with Crippen molar-refractivity contribution in [3.63, 3.8) is 0 Å². The minimum atomic E-state index is -2.47. The van der Waals surface area contributed by atoms with Gasteiger partial charge in [0.15, 0.2) is 0 Å². The predicted molar refractivity (Wildman–Crippen MR) is 419 cm³/mol. The van der Waals surface area contributed by atoms with Gasteiger partial charge in [0.25, 0.3) is 0 Å². The first-order valence-corrected chi connectivity index (χ1v) is 41.0. The van der Waals surface area contributed by atoms with Crippen molar-refractivity contribution in [3.8, 4) is 5.75 Å². The number of rotatable bonds is 59. The minimum Gasteiger partial charge on any atom is -0.496 e. The second-order valence-electron chi connectivity index (χ2n) is 26.8. The molecule has 1 fully saturated rings. The van der Waals surface area contributed by atoms with E-state index < -0.39 is 169 Å². The van der Waals surface area contributed by atoms with Gasteiger partial charge < -0.3 is 147 Å². The molecule has 4 rings (SSSR count). The Labute approximate surface area is 680 Å². The van der Waals surface area contributed by atoms with Crippen molar-refractivity contribution in [1.82, 2.24) is 52.4 Å². The summed E-state index contributed by atoms with van der Waals surface area (Å²) in [5, 5.41) is 61.0. The molecule has 0 aliphatic carbocycles. The van der Waals surface area contributed by atoms with Crippen molar-refractivity contribution in [2.24, 2.45) is 29.0 Å². The zero-order valence-corrected chi connectivity index (χ0v) is 68.4. The number of ether oxygens (including phenoxy) is 12. The van der Waals surface area contributed by atoms with Gasteiger partial charge in [0, 0.05) is 79.0 Å². The van der Waals surface area contributed by atoms with E-state index in [-0.39, 0.29) is 73.8 Å². The van der Waals surface area contributed by atoms with Crippen LogP contribution >= 0.6 is 11.8 Å². The van der Waals surface area contributed by atoms with Gasteiger partial charge in [-0.25, -0.2) is 0 Å². The number of carbonyl (C=O) groups excluding carboxylic acids is 10. The average molecular weight is 1690 g/mol. The van der Waals surface area contributed by atoms with E-state index in [0.29, 0.717) is 172 Å². The maximum Gasteiger partial charge on any atom is 0.303 e. The minimum absolute atomic E-state index is 0.0561. The maximum absolute atomic E-state index is 15.3. The van der Waals surface area contributed by atoms with Crippen molar-refractivity contribution >= 4 is 98.5 Å². The van der Waals surface area contributed by atoms with E-state index >= 15 is 4.21 Å². The third-order valence-electron chi connectivity index (χ3n) is 18.0. The molecule has 11 atom stereocenters. The van der Waals surface area contributed by atoms with E-state index in [9.17, 15) is 68.1 Å². The number of methoxy groups -OCH3 is 1. The highest BCUT2D eigenvalue weighted by molar-refractivity contribution is 7.98. The van der Waals surface area contributed by atoms with E-state index in [0.717, 1.165) is 4.90 Å². The zero-order chi connectivity index (χ0) is 85.2. The van der Waals surface area contributed by atoms with Gasteiger partial charge in [-0.15, -0.1) is 0 Å². The summed E-state index contributed by atoms with van der Waals surface area (Å²) in [4.78, 5) is 150. The molecule has 41 nitrogen and oxygen atoms in total. The standard InChI is InChI=1S/C73H121N13O28S2/c1-6-46(3)64(83-60(91)7-2)70(99)79-41-62(93)80-55-45-116(102)72-51(37-53(67(76)96)81-71(100)65(47(4)57(89)43-87)84-69(98)56-36-49(88)42-86(56)73(101)54(38-59(75)90)82-68(55)97)50-8-9-58(103-5)52(66(50)85-72)44-115-35-34-114-33-32-113-31-30-112-29-28-111-27-26-110-25-24-109-23-22-108-21-20-107-19-18-106-17-16-105-15-14-104-13-12-77-39-48(74)40-78-61(92)10-11-63(94)95/h8-9,39,46-47,49,53-57,64-65,77,85,87-89H,6-7,10-38,40-45,74H2,1-5H3,(H2,75,90)(H2,76,96)(H,78,92)(H,79,99)(H,80,93)(H,81,100)(H,82,97)(H,83,91)(H,84,98)(H,94,95)/b48-39-/t46-,47-,49+,53-,54-,55+,56-,57-,64-,65-,116?/m0/s1. The lowest BCUT2D eigenvalue weighted by molar-refractivity contribution is -0.144. The molecule has 1 aromatic heterocycles. The number of H-pyrrole nitrogens is 1. The lowest BCUT2D eigenvalue weighted by Gasteiger charge is -2.32. The maximum atomic E-state index is 15.3. The van der Waals surface area contributed by atoms with Crippen LogP contribution in [0.4, 0.5) is 0 Å². The Hall–Kier alpha value is -7.99. The quantitative estimate of drug-likeness (QED) is 0.0276. The Morgan fingerprint density at radius 3 is 1.73 bits per heavy atom. The van der Waals surface area contributed by atoms with Crippen LogP contribution in [0.15, 0.2) is 29.1 Å². The number of thioether (sulfide) groups is 1. The van der Waals surface area contributed by atoms with Gasteiger partial charge in [0.2, 0.25) is 59.1 Å². The van der Waals surface area contributed by atoms with Crippen molar-refractivity contribution in [1.29, 1.82) is 0 Å². The van der Waals surface area contributed by atoms with Gasteiger partial charge in [-0.1, -0.05) is 34.1 Å². The fraction of sp³-hybridized carbons (Fsp3) is 0.712. The van der Waals surface area contributed by atoms with Crippen LogP contribution in [0.1, 0.15) is 77.3 Å². The molecule has 10 amide bonds. The first-order valence-electron chi connectivity index (χ1n) is 38.6. The third-order valence-corrected chi connectivity index (χ3v) is 20.4. The van der Waals surface area contributed by atoms with E-state index in [1.807, 2.05) is 0 Å². The number of aromatic amines is 1. The second kappa shape index (κ2) is 58.0. The molecule has 0 radical (unpaired) electrons. The highest BCUT2D eigenvalue weighted by Crippen LogP contribution is 2.36. The molecule has 43 heteroatoms. The highest BCUT2D eigenvalue weighted by Gasteiger charge is 2.45. The number of primary amides is 2. The number of aromatic nitrogens is 1. The summed E-state index contributed by atoms with van der Waals surface area (Å²) in [6.07, 6.45) is -3.16. The summed E-state index contributed by atoms with van der Waals surface area (Å²) in [6, 6.07) is -6.70. The number of carbonyl (C=O) groups is 11. The second-order valence-corrected chi connectivity index (χ2v) is 29.3. The number of carboxylic acids is 1. The van der Waals surface area contributed by atoms with Crippen molar-refractivity contribution in [3.05, 3.63) is 35.2 Å². The molecule has 2 aliphatic heterocycles. The Kier molecular flexibility index (Phi) is 50.2. The summed E-state index contributed by atoms with van der Waals surface area (Å²) in [5.41, 5.74) is 18.8. The van der Waals surface area contributed by atoms with Crippen LogP contribution in [0.25, 0.3) is 10.9 Å². The van der Waals surface area contributed by atoms with Crippen molar-refractivity contribution in [2.75, 3.05) is 197 Å². The Morgan fingerprint density at radius 2 is 1.23 bits per heavy atom. The van der Waals surface area contributed by atoms with E-state index in [1.54, 1.807) is 39.1 Å². The largest absolute Gasteiger partial charge is 0.496 e. The highest BCUT2D eigenvalue weighted by atomic mass is 32.2. The molecule has 1 unspecified atom stereocenters. The number of fused-ring (bicyclic) bond motifs is 4. The molecule has 0 bridgehead atoms. The Morgan fingerprint density at radius 1 is 0.690 bits per heavy atom. The molecular formula is C73H121N13O28S2. The smallest absolute Gasteiger partial charge is 0.303 e. The summed E-state index contributed by atoms with van der Waals surface area (Å²) in [5.74, 6) is -11.8. The first kappa shape index (κ1) is 100. The first-order chi connectivity index (χ1) is 55.7. The average Bonchev–Trinajstić information content (AvgIpc) is 1.61. The normalized spacial score (nSPS) is 19.4. The molecule has 1 saturated heterocycles. The zero-order valence-electron chi connectivity index (χ0n) is 66.8. The summed E-state index contributed by atoms with van der Waals surface area (Å²) >= 11 is 1.43. The summed E-state index contributed by atoms with van der Waals surface area (Å²) in [6.45, 7) is 13.0. The molecule has 1 aromatic carbocycles. The third kappa shape index (κ3) is 38.6. The van der Waals surface area contributed by atoms with E-state index in [4.69, 9.17) is 79.1 Å². The van der Waals surface area contributed by atoms with Crippen LogP contribution < -0.4 is 64.5 Å². The Balaban J connectivity index is 1.22. The van der Waals surface area contributed by atoms with Crippen LogP contribution in [0.2, 0.25) is 0 Å². The molecule has 0 saturated carbocycles. The van der Waals surface area contributed by atoms with E-state index in [2.05, 4.69) is 47.5 Å². The van der Waals surface area contributed by atoms with Crippen molar-refractivity contribution < 1.29 is 134 Å². The molecule has 3 heterocycles. The molecule has 0 spiro atoms. The number of nitrogens with one attached hydrogen (secondary N) is 9. The monoisotopic (exact) mass is 1690 g/mol. The fourth-order valence-electron chi connectivity index (χ4n) is 11.4. The number of nitrogens with two attached hydrogens (primary N) is 3. The van der Waals surface area contributed by atoms with Gasteiger partial charge in [-0.3, -0.25) is 56.9 Å². The summed E-state index contributed by atoms with van der Waals surface area (Å²) < 4.78 is 82.4. The van der Waals surface area contributed by atoms with Crippen molar-refractivity contribution in [2.45, 2.75) is 132 Å². The number of aliphatic hydroxyl groups is 3. The van der Waals surface area contributed by atoms with Crippen LogP contribution in [0, 0.1) is 11.8 Å². The number of nitrogens with zero attached hydrogens (tertiary/aromatic N) is 1. The molecule has 19 N–H and O–H groups in total. The van der Waals surface area contributed by atoms with Crippen LogP contribution in [-0.4, -0.2) is 345 Å². The number of aliphatic carboxylic acids is 1. The van der Waals surface area contributed by atoms with Crippen LogP contribution in [-0.2, 0) is 128 Å². The van der Waals surface area contributed by atoms with Gasteiger partial charge >= 0.3 is 5.97 Å². The topological polar surface area (TPSA) is 590 Å². The van der Waals surface area contributed by atoms with Gasteiger partial charge in [-0.05, 0) is 23.6 Å². The number of hydrogen-bond acceptors (Lipinski definition) is 30. The number of hydrogen-bond donors (Lipinski definition) is 16. The molecular weight excluding hydrogens is 1570 g/mol. The lowest BCUT2D eigenvalue weighted by atomic mass is 9.93. The lowest BCUT2D eigenvalue weighted by Crippen LogP contribution is -2.61. The van der Waals surface area contributed by atoms with Crippen LogP contribution in [0.5, 0.6) is 5.75 Å². The van der Waals surface area contributed by atoms with Crippen LogP contribution in [0.3, 0.4) is 0 Å². The summed E-state index contributed by atoms with van der Waals surface area (Å²) in [7, 11) is -1.04. The number of carboxylic acid groups (broad SMARTS) is 1. The number of amides is 10. The fourth-order valence-corrected chi connectivity index (χ4v) is 13.7. The SMILES string of the molecule is CCC(=O)N[C@H](C(=O)NCC(=O)N[C@@H]1CS(=O)c2[nH]c3c(CSCCOCCOCCOCCOCCOCCOCCOCCOCCOCCOCCOCCN/C=C(\N)CNC(=O)CCC(=O)O)c(OC)ccc3c2C[C@@H](C(N)=O)NC(=O)[C@H]([C@@H](C)[C@@H](O)CO)NC(=O)[C@@H]2C[C@@H](O)CN2C(=O)[C@H](CC(N)=O)NC1=O)[C@@H](C)CC. The number of aliphatic hydroxyl groups excluding tert-OH is 3. The number of benzene rings is 1. The molecule has 658 valence electrons. The van der Waals surface area contributed by atoms with Gasteiger partial charge in [0.1, 0.15) is 47.0 Å². The molecule has 116 heavy (non-hydrogen) atoms. The molecule has 2 aliphatic rings. The van der Waals surface area contributed by atoms with E-state index in [1.165, 1.54) is 25.8 Å².